The van der Waals surface area contributed by atoms with Gasteiger partial charge >= 0.3 is 0 Å². The van der Waals surface area contributed by atoms with E-state index in [-0.39, 0.29) is 13.0 Å². The molecular weight excluding hydrogens is 506 g/mol. The molecule has 2 heterocycles. The second kappa shape index (κ2) is 11.8. The Bertz CT molecular complexity index is 1330. The number of carbonyl (C=O) groups is 3. The maximum absolute atomic E-state index is 14.5. The number of aryl methyl sites for hydroxylation is 2. The quantitative estimate of drug-likeness (QED) is 0.390. The number of amides is 3. The van der Waals surface area contributed by atoms with E-state index in [0.717, 1.165) is 21.6 Å². The molecule has 1 aliphatic rings. The molecule has 3 N–H and O–H groups in total. The number of hydrogen-bond donors (Lipinski definition) is 3. The molecule has 3 atom stereocenters. The number of carbonyl (C=O) groups excluding carboxylic acids is 3. The van der Waals surface area contributed by atoms with Crippen LogP contribution in [0.5, 0.6) is 0 Å². The van der Waals surface area contributed by atoms with E-state index >= 15 is 0 Å². The number of likely N-dealkylation sites (tertiary alicyclic amines) is 1. The second-order valence-electron chi connectivity index (χ2n) is 9.91. The van der Waals surface area contributed by atoms with Gasteiger partial charge in [0.1, 0.15) is 11.7 Å². The zero-order valence-corrected chi connectivity index (χ0v) is 21.8. The van der Waals surface area contributed by atoms with Crippen LogP contribution in [0.2, 0.25) is 0 Å². The molecule has 3 aromatic rings. The Morgan fingerprint density at radius 3 is 2.41 bits per heavy atom. The Kier molecular flexibility index (Phi) is 8.44. The zero-order chi connectivity index (χ0) is 28.2. The number of halogens is 2. The van der Waals surface area contributed by atoms with Gasteiger partial charge in [0, 0.05) is 26.2 Å². The molecule has 1 unspecified atom stereocenters. The van der Waals surface area contributed by atoms with Crippen molar-refractivity contribution in [2.45, 2.75) is 50.4 Å². The summed E-state index contributed by atoms with van der Waals surface area (Å²) in [6.45, 7) is 0.977. The second-order valence-corrected chi connectivity index (χ2v) is 9.91. The van der Waals surface area contributed by atoms with E-state index in [9.17, 15) is 28.3 Å². The van der Waals surface area contributed by atoms with Crippen LogP contribution in [0.15, 0.2) is 72.9 Å². The average molecular weight is 539 g/mol. The summed E-state index contributed by atoms with van der Waals surface area (Å²) in [5.74, 6) is -5.62. The van der Waals surface area contributed by atoms with Crippen molar-refractivity contribution in [3.63, 3.8) is 0 Å². The first-order chi connectivity index (χ1) is 18.6. The molecule has 206 valence electrons. The third-order valence-corrected chi connectivity index (χ3v) is 7.00. The van der Waals surface area contributed by atoms with Crippen molar-refractivity contribution in [3.8, 4) is 0 Å². The summed E-state index contributed by atoms with van der Waals surface area (Å²) < 4.78 is 30.6. The van der Waals surface area contributed by atoms with Crippen LogP contribution in [0.4, 0.5) is 8.78 Å². The fourth-order valence-electron chi connectivity index (χ4n) is 4.78. The average Bonchev–Trinajstić information content (AvgIpc) is 3.49. The highest BCUT2D eigenvalue weighted by molar-refractivity contribution is 5.94. The third kappa shape index (κ3) is 6.69. The molecule has 8 nitrogen and oxygen atoms in total. The molecule has 1 fully saturated rings. The van der Waals surface area contributed by atoms with E-state index in [2.05, 4.69) is 10.6 Å². The Hall–Kier alpha value is -4.05. The maximum atomic E-state index is 14.5. The molecule has 2 aromatic carbocycles. The van der Waals surface area contributed by atoms with E-state index in [1.807, 2.05) is 25.1 Å². The van der Waals surface area contributed by atoms with E-state index in [1.165, 1.54) is 0 Å². The van der Waals surface area contributed by atoms with E-state index in [0.29, 0.717) is 5.69 Å². The standard InChI is InChI=1S/C29H32F2N4O4/c1-19-9-6-7-12-21(19)17-32-26(37)24-16-29(30,31)18-35(24)28(39)25(36)22(15-20-10-4-3-5-11-20)33-27(38)23-13-8-14-34(23)2/h3-14,22,24-25,36H,15-18H2,1-2H3,(H,32,37)(H,33,38)/t22-,24?,25-/m0/s1. The first-order valence-corrected chi connectivity index (χ1v) is 12.7. The molecule has 4 rings (SSSR count). The highest BCUT2D eigenvalue weighted by Crippen LogP contribution is 2.33. The van der Waals surface area contributed by atoms with Crippen molar-refractivity contribution in [2.24, 2.45) is 7.05 Å². The molecule has 0 spiro atoms. The molecule has 1 aliphatic heterocycles. The summed E-state index contributed by atoms with van der Waals surface area (Å²) in [5.41, 5.74) is 2.77. The summed E-state index contributed by atoms with van der Waals surface area (Å²) in [6, 6.07) is 16.9. The maximum Gasteiger partial charge on any atom is 0.268 e. The molecule has 39 heavy (non-hydrogen) atoms. The monoisotopic (exact) mass is 538 g/mol. The summed E-state index contributed by atoms with van der Waals surface area (Å²) >= 11 is 0. The number of nitrogens with one attached hydrogen (secondary N) is 2. The van der Waals surface area contributed by atoms with Gasteiger partial charge in [-0.2, -0.15) is 0 Å². The van der Waals surface area contributed by atoms with Crippen LogP contribution >= 0.6 is 0 Å². The molecule has 10 heteroatoms. The van der Waals surface area contributed by atoms with Crippen LogP contribution in [-0.2, 0) is 29.6 Å². The lowest BCUT2D eigenvalue weighted by Crippen LogP contribution is -2.56. The lowest BCUT2D eigenvalue weighted by molar-refractivity contribution is -0.147. The molecular formula is C29H32F2N4O4. The molecule has 0 radical (unpaired) electrons. The zero-order valence-electron chi connectivity index (χ0n) is 21.8. The van der Waals surface area contributed by atoms with Crippen molar-refractivity contribution in [3.05, 3.63) is 95.3 Å². The SMILES string of the molecule is Cc1ccccc1CNC(=O)C1CC(F)(F)CN1C(=O)[C@@H](O)[C@H](Cc1ccccc1)NC(=O)c1cccn1C. The molecule has 3 amide bonds. The summed E-state index contributed by atoms with van der Waals surface area (Å²) in [7, 11) is 1.68. The van der Waals surface area contributed by atoms with E-state index in [4.69, 9.17) is 0 Å². The number of aromatic nitrogens is 1. The number of nitrogens with zero attached hydrogens (tertiary/aromatic N) is 2. The normalized spacial score (nSPS) is 17.9. The minimum absolute atomic E-state index is 0.0677. The van der Waals surface area contributed by atoms with Crippen molar-refractivity contribution in [1.82, 2.24) is 20.1 Å². The van der Waals surface area contributed by atoms with Crippen LogP contribution in [0, 0.1) is 6.92 Å². The van der Waals surface area contributed by atoms with Crippen LogP contribution < -0.4 is 10.6 Å². The van der Waals surface area contributed by atoms with Crippen LogP contribution in [0.3, 0.4) is 0 Å². The fourth-order valence-corrected chi connectivity index (χ4v) is 4.78. The lowest BCUT2D eigenvalue weighted by Gasteiger charge is -2.30. The van der Waals surface area contributed by atoms with Gasteiger partial charge in [0.05, 0.1) is 12.6 Å². The van der Waals surface area contributed by atoms with Gasteiger partial charge in [0.25, 0.3) is 17.7 Å². The number of hydrogen-bond acceptors (Lipinski definition) is 4. The predicted molar refractivity (Wildman–Crippen MR) is 141 cm³/mol. The Labute approximate surface area is 225 Å². The van der Waals surface area contributed by atoms with Gasteiger partial charge in [-0.15, -0.1) is 0 Å². The Morgan fingerprint density at radius 1 is 1.05 bits per heavy atom. The largest absolute Gasteiger partial charge is 0.381 e. The van der Waals surface area contributed by atoms with Gasteiger partial charge < -0.3 is 25.2 Å². The van der Waals surface area contributed by atoms with Crippen molar-refractivity contribution < 1.29 is 28.3 Å². The Balaban J connectivity index is 1.53. The molecule has 0 saturated carbocycles. The smallest absolute Gasteiger partial charge is 0.268 e. The van der Waals surface area contributed by atoms with Gasteiger partial charge in [-0.3, -0.25) is 14.4 Å². The van der Waals surface area contributed by atoms with Crippen LogP contribution in [0.25, 0.3) is 0 Å². The van der Waals surface area contributed by atoms with Crippen molar-refractivity contribution in [1.29, 1.82) is 0 Å². The molecule has 0 aliphatic carbocycles. The van der Waals surface area contributed by atoms with E-state index < -0.39 is 54.8 Å². The molecule has 0 bridgehead atoms. The van der Waals surface area contributed by atoms with Gasteiger partial charge in [-0.25, -0.2) is 8.78 Å². The van der Waals surface area contributed by atoms with Crippen LogP contribution in [0.1, 0.15) is 33.6 Å². The predicted octanol–water partition coefficient (Wildman–Crippen LogP) is 2.59. The molecule has 1 saturated heterocycles. The van der Waals surface area contributed by atoms with Crippen molar-refractivity contribution >= 4 is 17.7 Å². The molecule has 1 aromatic heterocycles. The van der Waals surface area contributed by atoms with Gasteiger partial charge in [-0.05, 0) is 42.2 Å². The third-order valence-electron chi connectivity index (χ3n) is 7.00. The number of benzene rings is 2. The fraction of sp³-hybridized carbons (Fsp3) is 0.345. The lowest BCUT2D eigenvalue weighted by atomic mass is 9.99. The topological polar surface area (TPSA) is 104 Å². The number of aliphatic hydroxyl groups is 1. The van der Waals surface area contributed by atoms with Gasteiger partial charge in [0.15, 0.2) is 6.10 Å². The number of rotatable bonds is 9. The van der Waals surface area contributed by atoms with Crippen LogP contribution in [-0.4, -0.2) is 63.0 Å². The van der Waals surface area contributed by atoms with Gasteiger partial charge in [-0.1, -0.05) is 54.6 Å². The number of aliphatic hydroxyl groups excluding tert-OH is 1. The first-order valence-electron chi connectivity index (χ1n) is 12.7. The Morgan fingerprint density at radius 2 is 1.74 bits per heavy atom. The van der Waals surface area contributed by atoms with Gasteiger partial charge in [0.2, 0.25) is 5.91 Å². The first kappa shape index (κ1) is 28.0. The number of alkyl halides is 2. The minimum Gasteiger partial charge on any atom is -0.381 e. The highest BCUT2D eigenvalue weighted by atomic mass is 19.3. The van der Waals surface area contributed by atoms with E-state index in [1.54, 1.807) is 66.3 Å². The summed E-state index contributed by atoms with van der Waals surface area (Å²) in [4.78, 5) is 40.1. The summed E-state index contributed by atoms with van der Waals surface area (Å²) in [5, 5.41) is 16.5. The van der Waals surface area contributed by atoms with Crippen molar-refractivity contribution in [2.75, 3.05) is 6.54 Å². The minimum atomic E-state index is -3.30. The summed E-state index contributed by atoms with van der Waals surface area (Å²) in [6.07, 6.45) is -0.979. The highest BCUT2D eigenvalue weighted by Gasteiger charge is 2.51.